The van der Waals surface area contributed by atoms with Gasteiger partial charge in [-0.2, -0.15) is 4.31 Å². The molecule has 0 saturated carbocycles. The Morgan fingerprint density at radius 1 is 0.949 bits per heavy atom. The molecule has 0 N–H and O–H groups in total. The van der Waals surface area contributed by atoms with Crippen molar-refractivity contribution < 1.29 is 22.9 Å². The van der Waals surface area contributed by atoms with Gasteiger partial charge in [0.1, 0.15) is 0 Å². The Bertz CT molecular complexity index is 1620. The Balaban J connectivity index is 1.62. The van der Waals surface area contributed by atoms with Crippen molar-refractivity contribution in [2.75, 3.05) is 13.1 Å². The molecule has 2 aliphatic heterocycles. The molecule has 14 heteroatoms. The molecule has 1 saturated heterocycles. The first-order chi connectivity index (χ1) is 18.7. The molecule has 0 aliphatic carbocycles. The molecule has 2 amide bonds. The molecule has 12 nitrogen and oxygen atoms in total. The van der Waals surface area contributed by atoms with Crippen LogP contribution in [0.2, 0.25) is 0 Å². The van der Waals surface area contributed by atoms with Crippen LogP contribution in [0.15, 0.2) is 87.3 Å². The largest absolute Gasteiger partial charge is 0.289 e. The zero-order chi connectivity index (χ0) is 27.9. The summed E-state index contributed by atoms with van der Waals surface area (Å²) in [7, 11) is -4.55. The van der Waals surface area contributed by atoms with Gasteiger partial charge in [-0.05, 0) is 41.4 Å². The molecule has 2 heterocycles. The monoisotopic (exact) mass is 610 g/mol. The Kier molecular flexibility index (Phi) is 6.95. The van der Waals surface area contributed by atoms with Crippen molar-refractivity contribution in [2.24, 2.45) is 5.11 Å². The van der Waals surface area contributed by atoms with Crippen molar-refractivity contribution in [3.05, 3.63) is 115 Å². The van der Waals surface area contributed by atoms with E-state index >= 15 is 0 Å². The third-order valence-corrected chi connectivity index (χ3v) is 9.46. The zero-order valence-corrected chi connectivity index (χ0v) is 22.4. The molecule has 0 radical (unpaired) electrons. The van der Waals surface area contributed by atoms with Crippen LogP contribution in [0, 0.1) is 10.1 Å². The van der Waals surface area contributed by atoms with E-state index in [0.29, 0.717) is 5.56 Å². The van der Waals surface area contributed by atoms with Gasteiger partial charge in [0.25, 0.3) is 27.5 Å². The quantitative estimate of drug-likeness (QED) is 0.0909. The van der Waals surface area contributed by atoms with Gasteiger partial charge in [0.05, 0.1) is 22.1 Å². The molecule has 0 spiro atoms. The van der Waals surface area contributed by atoms with Gasteiger partial charge in [-0.15, -0.1) is 0 Å². The number of rotatable bonds is 8. The van der Waals surface area contributed by atoms with Crippen LogP contribution in [0.5, 0.6) is 0 Å². The predicted octanol–water partition coefficient (Wildman–Crippen LogP) is 4.49. The number of imide groups is 1. The van der Waals surface area contributed by atoms with E-state index in [1.807, 2.05) is 0 Å². The van der Waals surface area contributed by atoms with Crippen LogP contribution in [0.4, 0.5) is 5.69 Å². The van der Waals surface area contributed by atoms with Gasteiger partial charge in [-0.25, -0.2) is 8.42 Å². The third kappa shape index (κ3) is 4.46. The highest BCUT2D eigenvalue weighted by atomic mass is 79.9. The van der Waals surface area contributed by atoms with Crippen LogP contribution in [0.25, 0.3) is 10.4 Å². The number of hydrogen-bond donors (Lipinski definition) is 0. The highest BCUT2D eigenvalue weighted by Gasteiger charge is 2.57. The molecule has 3 aromatic rings. The average molecular weight is 611 g/mol. The second-order valence-electron chi connectivity index (χ2n) is 8.95. The molecule has 0 bridgehead atoms. The number of carbonyl (C=O) groups excluding carboxylic acids is 2. The number of halogens is 1. The summed E-state index contributed by atoms with van der Waals surface area (Å²) < 4.78 is 29.8. The lowest BCUT2D eigenvalue weighted by atomic mass is 9.77. The molecule has 3 atom stereocenters. The summed E-state index contributed by atoms with van der Waals surface area (Å²) in [6.45, 7) is -0.574. The topological polar surface area (TPSA) is 167 Å². The Hall–Kier alpha value is -4.10. The van der Waals surface area contributed by atoms with Gasteiger partial charge in [0, 0.05) is 40.5 Å². The predicted molar refractivity (Wildman–Crippen MR) is 142 cm³/mol. The summed E-state index contributed by atoms with van der Waals surface area (Å²) in [6, 6.07) is 16.4. The maximum absolute atomic E-state index is 14.0. The smallest absolute Gasteiger partial charge is 0.273 e. The van der Waals surface area contributed by atoms with E-state index < -0.39 is 55.3 Å². The normalized spacial score (nSPS) is 20.7. The molecule has 1 fully saturated rings. The Labute approximate surface area is 230 Å². The van der Waals surface area contributed by atoms with Crippen LogP contribution in [-0.4, -0.2) is 59.5 Å². The number of sulfonamides is 1. The van der Waals surface area contributed by atoms with E-state index in [9.17, 15) is 28.1 Å². The van der Waals surface area contributed by atoms with Crippen molar-refractivity contribution in [3.8, 4) is 0 Å². The summed E-state index contributed by atoms with van der Waals surface area (Å²) in [6.07, 6.45) is 0. The number of fused-ring (bicyclic) bond motifs is 1. The number of azide groups is 1. The fourth-order valence-electron chi connectivity index (χ4n) is 5.24. The van der Waals surface area contributed by atoms with Crippen LogP contribution in [-0.2, 0) is 10.0 Å². The molecule has 0 unspecified atom stereocenters. The first-order valence-electron chi connectivity index (χ1n) is 11.6. The standard InChI is InChI=1S/C25H19BrN6O6S/c26-16-11-9-15(10-12-16)23-20(13-28-29-27)31(39(37,38)22-8-4-3-7-19(22)32(35)36)21(23)14-30-24(33)17-5-1-2-6-18(17)25(30)34/h1-12,20-21,23H,13-14H2/t20-,21+,23+/m0/s1. The van der Waals surface area contributed by atoms with Gasteiger partial charge in [0.2, 0.25) is 0 Å². The summed E-state index contributed by atoms with van der Waals surface area (Å²) in [5.74, 6) is -1.72. The van der Waals surface area contributed by atoms with Gasteiger partial charge in [-0.1, -0.05) is 57.4 Å². The molecule has 3 aromatic carbocycles. The van der Waals surface area contributed by atoms with E-state index in [4.69, 9.17) is 5.53 Å². The summed E-state index contributed by atoms with van der Waals surface area (Å²) >= 11 is 3.37. The number of hydrogen-bond acceptors (Lipinski definition) is 7. The Morgan fingerprint density at radius 2 is 1.54 bits per heavy atom. The van der Waals surface area contributed by atoms with Crippen LogP contribution in [0.1, 0.15) is 32.2 Å². The minimum Gasteiger partial charge on any atom is -0.273 e. The number of carbonyl (C=O) groups is 2. The van der Waals surface area contributed by atoms with Gasteiger partial charge < -0.3 is 0 Å². The molecular formula is C25H19BrN6O6S. The summed E-state index contributed by atoms with van der Waals surface area (Å²) in [4.78, 5) is 40.5. The SMILES string of the molecule is [N-]=[N+]=NC[C@H]1[C@@H](c2ccc(Br)cc2)[C@@H](CN2C(=O)c3ccccc3C2=O)N1S(=O)(=O)c1ccccc1[N+](=O)[O-]. The van der Waals surface area contributed by atoms with Gasteiger partial charge in [0.15, 0.2) is 4.90 Å². The van der Waals surface area contributed by atoms with E-state index in [1.165, 1.54) is 24.3 Å². The number of benzene rings is 3. The molecule has 0 aromatic heterocycles. The maximum Gasteiger partial charge on any atom is 0.289 e. The number of nitro benzene ring substituents is 1. The second-order valence-corrected chi connectivity index (χ2v) is 11.7. The van der Waals surface area contributed by atoms with E-state index in [0.717, 1.165) is 25.8 Å². The first-order valence-corrected chi connectivity index (χ1v) is 13.9. The van der Waals surface area contributed by atoms with Crippen molar-refractivity contribution in [1.29, 1.82) is 0 Å². The van der Waals surface area contributed by atoms with Crippen LogP contribution in [0.3, 0.4) is 0 Å². The van der Waals surface area contributed by atoms with Crippen molar-refractivity contribution in [1.82, 2.24) is 9.21 Å². The van der Waals surface area contributed by atoms with Gasteiger partial charge >= 0.3 is 0 Å². The van der Waals surface area contributed by atoms with Crippen molar-refractivity contribution in [3.63, 3.8) is 0 Å². The van der Waals surface area contributed by atoms with Crippen LogP contribution >= 0.6 is 15.9 Å². The Morgan fingerprint density at radius 3 is 2.13 bits per heavy atom. The highest BCUT2D eigenvalue weighted by Crippen LogP contribution is 2.46. The zero-order valence-electron chi connectivity index (χ0n) is 20.0. The number of nitrogens with zero attached hydrogens (tertiary/aromatic N) is 6. The fraction of sp³-hybridized carbons (Fsp3) is 0.200. The average Bonchev–Trinajstić information content (AvgIpc) is 3.16. The minimum atomic E-state index is -4.55. The van der Waals surface area contributed by atoms with Crippen LogP contribution < -0.4 is 0 Å². The lowest BCUT2D eigenvalue weighted by molar-refractivity contribution is -0.387. The fourth-order valence-corrected chi connectivity index (χ4v) is 7.50. The number of amides is 2. The van der Waals surface area contributed by atoms with Gasteiger partial charge in [-0.3, -0.25) is 24.6 Å². The molecule has 2 aliphatic rings. The molecule has 5 rings (SSSR count). The van der Waals surface area contributed by atoms with Crippen molar-refractivity contribution in [2.45, 2.75) is 22.9 Å². The molecule has 198 valence electrons. The van der Waals surface area contributed by atoms with Crippen molar-refractivity contribution >= 4 is 43.5 Å². The summed E-state index contributed by atoms with van der Waals surface area (Å²) in [5.41, 5.74) is 9.50. The lowest BCUT2D eigenvalue weighted by Gasteiger charge is -2.54. The van der Waals surface area contributed by atoms with E-state index in [2.05, 4.69) is 26.0 Å². The highest BCUT2D eigenvalue weighted by molar-refractivity contribution is 9.10. The molecular weight excluding hydrogens is 592 g/mol. The first kappa shape index (κ1) is 26.5. The number of para-hydroxylation sites is 1. The van der Waals surface area contributed by atoms with E-state index in [-0.39, 0.29) is 24.2 Å². The lowest BCUT2D eigenvalue weighted by Crippen LogP contribution is -2.68. The number of nitro groups is 1. The third-order valence-electron chi connectivity index (χ3n) is 6.93. The summed E-state index contributed by atoms with van der Waals surface area (Å²) in [5, 5.41) is 15.3. The maximum atomic E-state index is 14.0. The minimum absolute atomic E-state index is 0.209. The second kappa shape index (κ2) is 10.2. The molecule has 39 heavy (non-hydrogen) atoms. The van der Waals surface area contributed by atoms with E-state index in [1.54, 1.807) is 36.4 Å².